The molecule has 184 valence electrons. The van der Waals surface area contributed by atoms with Crippen LogP contribution in [0.2, 0.25) is 0 Å². The highest BCUT2D eigenvalue weighted by Gasteiger charge is 2.68. The van der Waals surface area contributed by atoms with Crippen molar-refractivity contribution < 1.29 is 19.4 Å². The Labute approximate surface area is 200 Å². The number of aromatic nitrogens is 3. The monoisotopic (exact) mass is 478 g/mol. The van der Waals surface area contributed by atoms with E-state index in [2.05, 4.69) is 49.8 Å². The van der Waals surface area contributed by atoms with Gasteiger partial charge in [0.05, 0.1) is 11.9 Å². The topological polar surface area (TPSA) is 131 Å². The third kappa shape index (κ3) is 3.79. The van der Waals surface area contributed by atoms with Crippen LogP contribution in [0.15, 0.2) is 5.16 Å². The maximum atomic E-state index is 13.4. The van der Waals surface area contributed by atoms with Crippen LogP contribution in [0.3, 0.4) is 0 Å². The average Bonchev–Trinajstić information content (AvgIpc) is 3.36. The molecular weight excluding hydrogens is 440 g/mol. The van der Waals surface area contributed by atoms with Gasteiger partial charge in [-0.25, -0.2) is 5.10 Å². The van der Waals surface area contributed by atoms with E-state index in [4.69, 9.17) is 10.5 Å². The Balaban J connectivity index is 1.69. The molecule has 0 spiro atoms. The Bertz CT molecular complexity index is 924. The molecule has 0 amide bonds. The first-order chi connectivity index (χ1) is 15.5. The number of hydrogen-bond donors (Lipinski definition) is 3. The molecule has 0 radical (unpaired) electrons. The van der Waals surface area contributed by atoms with Crippen molar-refractivity contribution >= 4 is 29.5 Å². The number of thioether (sulfide) groups is 1. The molecule has 3 aliphatic rings. The van der Waals surface area contributed by atoms with Gasteiger partial charge < -0.3 is 15.6 Å². The standard InChI is InChI=1S/C24H38N4O4S/c1-6-22(4)11-16(32-17(30)12-33-21-26-20(25)27-28-21)23(5)13(2)7-9-24(14(3)19(22)31)10-8-15(29)18(23)24/h13-14,16,18-19,31H,6-12H2,1-5H3,(H3,25,26,27,28)/t13-,14-,16+,18-,19+,22+,23+,24+/m1/s1. The van der Waals surface area contributed by atoms with E-state index in [0.29, 0.717) is 18.0 Å². The number of aliphatic hydroxyl groups is 1. The lowest BCUT2D eigenvalue weighted by molar-refractivity contribution is -0.211. The van der Waals surface area contributed by atoms with Crippen molar-refractivity contribution in [2.45, 2.75) is 90.5 Å². The number of nitrogens with zero attached hydrogens (tertiary/aromatic N) is 2. The molecule has 0 aliphatic heterocycles. The number of rotatable bonds is 5. The van der Waals surface area contributed by atoms with E-state index in [-0.39, 0.29) is 46.6 Å². The molecule has 8 atom stereocenters. The third-order valence-corrected chi connectivity index (χ3v) is 10.6. The number of nitrogens with one attached hydrogen (secondary N) is 1. The summed E-state index contributed by atoms with van der Waals surface area (Å²) >= 11 is 1.17. The summed E-state index contributed by atoms with van der Waals surface area (Å²) in [5, 5.41) is 18.5. The fourth-order valence-electron chi connectivity index (χ4n) is 7.35. The summed E-state index contributed by atoms with van der Waals surface area (Å²) in [6, 6.07) is 0. The van der Waals surface area contributed by atoms with Gasteiger partial charge in [-0.2, -0.15) is 4.98 Å². The third-order valence-electron chi connectivity index (χ3n) is 9.78. The molecule has 4 rings (SSSR count). The number of ether oxygens (including phenoxy) is 1. The minimum Gasteiger partial charge on any atom is -0.461 e. The normalized spacial score (nSPS) is 43.0. The van der Waals surface area contributed by atoms with Crippen LogP contribution in [0.5, 0.6) is 0 Å². The molecule has 33 heavy (non-hydrogen) atoms. The fourth-order valence-corrected chi connectivity index (χ4v) is 7.93. The molecule has 0 saturated heterocycles. The number of aliphatic hydroxyl groups excluding tert-OH is 1. The number of nitrogens with two attached hydrogens (primary N) is 1. The number of H-pyrrole nitrogens is 1. The Kier molecular flexibility index (Phi) is 6.36. The summed E-state index contributed by atoms with van der Waals surface area (Å²) < 4.78 is 6.23. The Hall–Kier alpha value is -1.61. The number of hydrogen-bond acceptors (Lipinski definition) is 8. The first-order valence-electron chi connectivity index (χ1n) is 12.2. The minimum atomic E-state index is -0.555. The zero-order valence-electron chi connectivity index (χ0n) is 20.4. The Morgan fingerprint density at radius 2 is 2.06 bits per heavy atom. The van der Waals surface area contributed by atoms with Crippen LogP contribution in [0, 0.1) is 34.0 Å². The number of anilines is 1. The van der Waals surface area contributed by atoms with Gasteiger partial charge in [-0.1, -0.05) is 46.4 Å². The summed E-state index contributed by atoms with van der Waals surface area (Å²) in [7, 11) is 0. The van der Waals surface area contributed by atoms with Gasteiger partial charge in [0.15, 0.2) is 0 Å². The average molecular weight is 479 g/mol. The maximum absolute atomic E-state index is 13.4. The smallest absolute Gasteiger partial charge is 0.316 e. The van der Waals surface area contributed by atoms with Crippen molar-refractivity contribution in [1.82, 2.24) is 15.2 Å². The molecule has 3 fully saturated rings. The van der Waals surface area contributed by atoms with E-state index in [1.54, 1.807) is 0 Å². The maximum Gasteiger partial charge on any atom is 0.316 e. The lowest BCUT2D eigenvalue weighted by atomic mass is 9.43. The lowest BCUT2D eigenvalue weighted by Gasteiger charge is -2.62. The van der Waals surface area contributed by atoms with Crippen molar-refractivity contribution in [3.8, 4) is 0 Å². The minimum absolute atomic E-state index is 0.0223. The molecule has 3 aliphatic carbocycles. The predicted octanol–water partition coefficient (Wildman–Crippen LogP) is 3.61. The van der Waals surface area contributed by atoms with Crippen molar-refractivity contribution in [2.24, 2.45) is 34.0 Å². The molecule has 2 bridgehead atoms. The molecule has 0 aromatic carbocycles. The highest BCUT2D eigenvalue weighted by molar-refractivity contribution is 7.99. The summed E-state index contributed by atoms with van der Waals surface area (Å²) in [5.41, 5.74) is 4.47. The zero-order valence-corrected chi connectivity index (χ0v) is 21.2. The Morgan fingerprint density at radius 1 is 1.33 bits per heavy atom. The first kappa shape index (κ1) is 24.5. The van der Waals surface area contributed by atoms with Crippen molar-refractivity contribution in [3.05, 3.63) is 0 Å². The number of ketones is 1. The molecule has 1 heterocycles. The van der Waals surface area contributed by atoms with E-state index < -0.39 is 23.0 Å². The van der Waals surface area contributed by atoms with E-state index in [0.717, 1.165) is 25.7 Å². The van der Waals surface area contributed by atoms with Crippen molar-refractivity contribution in [3.63, 3.8) is 0 Å². The van der Waals surface area contributed by atoms with Crippen LogP contribution in [0.4, 0.5) is 5.95 Å². The van der Waals surface area contributed by atoms with Crippen molar-refractivity contribution in [2.75, 3.05) is 11.5 Å². The van der Waals surface area contributed by atoms with Crippen LogP contribution in [0.1, 0.15) is 73.1 Å². The fraction of sp³-hybridized carbons (Fsp3) is 0.833. The van der Waals surface area contributed by atoms with Gasteiger partial charge in [-0.15, -0.1) is 5.10 Å². The first-order valence-corrected chi connectivity index (χ1v) is 13.2. The van der Waals surface area contributed by atoms with Crippen LogP contribution >= 0.6 is 11.8 Å². The number of carbonyl (C=O) groups is 2. The zero-order chi connectivity index (χ0) is 24.2. The summed E-state index contributed by atoms with van der Waals surface area (Å²) in [5.74, 6) is 0.239. The molecule has 1 aromatic heterocycles. The number of Topliss-reactive ketones (excluding diaryl/α,β-unsaturated/α-hetero) is 1. The number of esters is 1. The highest BCUT2D eigenvalue weighted by atomic mass is 32.2. The summed E-state index contributed by atoms with van der Waals surface area (Å²) in [6.45, 7) is 10.7. The van der Waals surface area contributed by atoms with Crippen LogP contribution in [-0.2, 0) is 14.3 Å². The van der Waals surface area contributed by atoms with Crippen LogP contribution in [-0.4, -0.2) is 50.0 Å². The molecule has 3 saturated carbocycles. The molecule has 8 nitrogen and oxygen atoms in total. The quantitative estimate of drug-likeness (QED) is 0.432. The van der Waals surface area contributed by atoms with E-state index in [1.165, 1.54) is 11.8 Å². The van der Waals surface area contributed by atoms with Gasteiger partial charge in [-0.05, 0) is 54.8 Å². The molecule has 9 heteroatoms. The number of nitrogen functional groups attached to an aromatic ring is 1. The second kappa shape index (κ2) is 8.56. The van der Waals surface area contributed by atoms with Gasteiger partial charge in [0.1, 0.15) is 11.9 Å². The van der Waals surface area contributed by atoms with Gasteiger partial charge in [0.25, 0.3) is 0 Å². The van der Waals surface area contributed by atoms with E-state index >= 15 is 0 Å². The lowest BCUT2D eigenvalue weighted by Crippen LogP contribution is -2.63. The van der Waals surface area contributed by atoms with E-state index in [1.807, 2.05) is 0 Å². The summed E-state index contributed by atoms with van der Waals surface area (Å²) in [6.07, 6.45) is 3.60. The highest BCUT2D eigenvalue weighted by Crippen LogP contribution is 2.68. The molecule has 4 N–H and O–H groups in total. The predicted molar refractivity (Wildman–Crippen MR) is 126 cm³/mol. The number of carbonyl (C=O) groups excluding carboxylic acids is 2. The molecular formula is C24H38N4O4S. The Morgan fingerprint density at radius 3 is 2.70 bits per heavy atom. The van der Waals surface area contributed by atoms with Crippen LogP contribution in [0.25, 0.3) is 0 Å². The van der Waals surface area contributed by atoms with Gasteiger partial charge in [0, 0.05) is 17.8 Å². The summed E-state index contributed by atoms with van der Waals surface area (Å²) in [4.78, 5) is 30.5. The number of aromatic amines is 1. The largest absolute Gasteiger partial charge is 0.461 e. The second-order valence-electron chi connectivity index (χ2n) is 11.2. The SMILES string of the molecule is CC[C@@]1(C)C[C@H](OC(=O)CSc2n[nH]c(N)n2)[C@]2(C)[C@H](C)CC[C@]3(CCC(=O)[C@@H]32)[C@H](C)[C@@H]1O. The second-order valence-corrected chi connectivity index (χ2v) is 12.1. The van der Waals surface area contributed by atoms with Crippen molar-refractivity contribution in [1.29, 1.82) is 0 Å². The van der Waals surface area contributed by atoms with E-state index in [9.17, 15) is 14.7 Å². The molecule has 1 aromatic rings. The van der Waals surface area contributed by atoms with Crippen LogP contribution < -0.4 is 5.73 Å². The van der Waals surface area contributed by atoms with Gasteiger partial charge >= 0.3 is 5.97 Å². The van der Waals surface area contributed by atoms with Gasteiger partial charge in [-0.3, -0.25) is 9.59 Å². The molecule has 0 unspecified atom stereocenters. The van der Waals surface area contributed by atoms with Gasteiger partial charge in [0.2, 0.25) is 11.1 Å².